The van der Waals surface area contributed by atoms with Crippen molar-refractivity contribution in [1.29, 1.82) is 0 Å². The molecule has 0 heterocycles. The number of carbonyl (C=O) groups is 1. The Kier molecular flexibility index (Phi) is 29.7. The number of ether oxygens (including phenoxy) is 2. The van der Waals surface area contributed by atoms with E-state index >= 15 is 0 Å². The minimum absolute atomic E-state index is 0.175. The minimum atomic E-state index is -0.533. The molecule has 0 aromatic rings. The van der Waals surface area contributed by atoms with Gasteiger partial charge >= 0.3 is 5.97 Å². The zero-order chi connectivity index (χ0) is 27.1. The van der Waals surface area contributed by atoms with Crippen LogP contribution >= 0.6 is 0 Å². The molecule has 37 heavy (non-hydrogen) atoms. The second kappa shape index (κ2) is 30.8. The van der Waals surface area contributed by atoms with E-state index < -0.39 is 6.10 Å². The van der Waals surface area contributed by atoms with Crippen LogP contribution in [0, 0.1) is 0 Å². The number of aliphatic hydroxyl groups is 1. The predicted molar refractivity (Wildman–Crippen MR) is 159 cm³/mol. The second-order valence-electron chi connectivity index (χ2n) is 10.2. The molecule has 0 amide bonds. The number of allylic oxidation sites excluding steroid dienone is 6. The number of hydrogen-bond donors (Lipinski definition) is 1. The number of aliphatic hydroxyl groups excluding tert-OH is 1. The van der Waals surface area contributed by atoms with Crippen molar-refractivity contribution in [3.8, 4) is 0 Å². The molecule has 0 aliphatic rings. The van der Waals surface area contributed by atoms with Crippen molar-refractivity contribution >= 4 is 5.97 Å². The van der Waals surface area contributed by atoms with Gasteiger partial charge in [-0.2, -0.15) is 0 Å². The van der Waals surface area contributed by atoms with E-state index in [1.165, 1.54) is 83.5 Å². The molecule has 0 rings (SSSR count). The van der Waals surface area contributed by atoms with Crippen LogP contribution in [0.5, 0.6) is 0 Å². The van der Waals surface area contributed by atoms with Crippen LogP contribution in [-0.4, -0.2) is 37.0 Å². The first-order chi connectivity index (χ1) is 18.2. The third-order valence-corrected chi connectivity index (χ3v) is 6.48. The average Bonchev–Trinajstić information content (AvgIpc) is 2.90. The molecule has 4 heteroatoms. The zero-order valence-corrected chi connectivity index (χ0v) is 24.5. The molecule has 1 N–H and O–H groups in total. The topological polar surface area (TPSA) is 55.8 Å². The summed E-state index contributed by atoms with van der Waals surface area (Å²) in [5.41, 5.74) is 0. The molecule has 4 nitrogen and oxygen atoms in total. The van der Waals surface area contributed by atoms with E-state index in [1.54, 1.807) is 0 Å². The van der Waals surface area contributed by atoms with Crippen LogP contribution in [0.4, 0.5) is 0 Å². The van der Waals surface area contributed by atoms with Gasteiger partial charge in [0.1, 0.15) is 6.10 Å². The molecule has 0 aliphatic carbocycles. The van der Waals surface area contributed by atoms with Gasteiger partial charge in [-0.15, -0.1) is 0 Å². The SMILES string of the molecule is CC/C=C\C/C=C\C/C=C\CCCCCCCCCC(=O)OC(CO)COCCCCCCCCCC. The number of unbranched alkanes of at least 4 members (excludes halogenated alkanes) is 14. The predicted octanol–water partition coefficient (Wildman–Crippen LogP) is 9.42. The lowest BCUT2D eigenvalue weighted by molar-refractivity contribution is -0.154. The Morgan fingerprint density at radius 3 is 1.84 bits per heavy atom. The largest absolute Gasteiger partial charge is 0.457 e. The molecule has 0 aromatic heterocycles. The molecule has 0 bridgehead atoms. The molecule has 1 atom stereocenters. The second-order valence-corrected chi connectivity index (χ2v) is 10.2. The molecule has 0 fully saturated rings. The summed E-state index contributed by atoms with van der Waals surface area (Å²) in [5, 5.41) is 9.47. The Hall–Kier alpha value is -1.39. The fraction of sp³-hybridized carbons (Fsp3) is 0.788. The molecule has 0 radical (unpaired) electrons. The lowest BCUT2D eigenvalue weighted by Gasteiger charge is -2.15. The minimum Gasteiger partial charge on any atom is -0.457 e. The lowest BCUT2D eigenvalue weighted by Crippen LogP contribution is -2.27. The highest BCUT2D eigenvalue weighted by atomic mass is 16.6. The fourth-order valence-electron chi connectivity index (χ4n) is 4.16. The van der Waals surface area contributed by atoms with Gasteiger partial charge in [-0.3, -0.25) is 4.79 Å². The zero-order valence-electron chi connectivity index (χ0n) is 24.5. The number of hydrogen-bond acceptors (Lipinski definition) is 4. The van der Waals surface area contributed by atoms with Crippen LogP contribution in [0.15, 0.2) is 36.5 Å². The number of carbonyl (C=O) groups excluding carboxylic acids is 1. The molecule has 0 spiro atoms. The Labute approximate surface area is 230 Å². The monoisotopic (exact) mass is 520 g/mol. The highest BCUT2D eigenvalue weighted by Crippen LogP contribution is 2.12. The van der Waals surface area contributed by atoms with Gasteiger partial charge in [0, 0.05) is 13.0 Å². The third kappa shape index (κ3) is 29.0. The van der Waals surface area contributed by atoms with Crippen molar-refractivity contribution in [1.82, 2.24) is 0 Å². The van der Waals surface area contributed by atoms with Crippen LogP contribution in [-0.2, 0) is 14.3 Å². The van der Waals surface area contributed by atoms with Crippen LogP contribution in [0.1, 0.15) is 142 Å². The van der Waals surface area contributed by atoms with E-state index in [1.807, 2.05) is 0 Å². The van der Waals surface area contributed by atoms with Crippen LogP contribution in [0.2, 0.25) is 0 Å². The van der Waals surface area contributed by atoms with Crippen molar-refractivity contribution in [3.63, 3.8) is 0 Å². The van der Waals surface area contributed by atoms with Gasteiger partial charge in [-0.05, 0) is 44.9 Å². The molecule has 0 aliphatic heterocycles. The normalized spacial score (nSPS) is 12.8. The van der Waals surface area contributed by atoms with Gasteiger partial charge in [0.05, 0.1) is 13.2 Å². The van der Waals surface area contributed by atoms with Crippen LogP contribution in [0.25, 0.3) is 0 Å². The number of esters is 1. The highest BCUT2D eigenvalue weighted by molar-refractivity contribution is 5.69. The molecule has 0 saturated heterocycles. The van der Waals surface area contributed by atoms with E-state index in [2.05, 4.69) is 50.3 Å². The van der Waals surface area contributed by atoms with Gasteiger partial charge in [0.2, 0.25) is 0 Å². The van der Waals surface area contributed by atoms with Crippen molar-refractivity contribution in [2.24, 2.45) is 0 Å². The van der Waals surface area contributed by atoms with E-state index in [-0.39, 0.29) is 12.6 Å². The summed E-state index contributed by atoms with van der Waals surface area (Å²) in [5.74, 6) is -0.214. The first kappa shape index (κ1) is 35.6. The van der Waals surface area contributed by atoms with Gasteiger partial charge in [-0.1, -0.05) is 127 Å². The van der Waals surface area contributed by atoms with E-state index in [9.17, 15) is 9.90 Å². The molecule has 1 unspecified atom stereocenters. The lowest BCUT2D eigenvalue weighted by atomic mass is 10.1. The Bertz CT molecular complexity index is 553. The summed E-state index contributed by atoms with van der Waals surface area (Å²) in [6, 6.07) is 0. The third-order valence-electron chi connectivity index (χ3n) is 6.48. The van der Waals surface area contributed by atoms with Gasteiger partial charge in [0.25, 0.3) is 0 Å². The van der Waals surface area contributed by atoms with E-state index in [0.29, 0.717) is 19.6 Å². The Morgan fingerprint density at radius 2 is 1.22 bits per heavy atom. The van der Waals surface area contributed by atoms with E-state index in [0.717, 1.165) is 38.5 Å². The maximum absolute atomic E-state index is 12.1. The summed E-state index contributed by atoms with van der Waals surface area (Å²) >= 11 is 0. The van der Waals surface area contributed by atoms with Crippen molar-refractivity contribution in [3.05, 3.63) is 36.5 Å². The van der Waals surface area contributed by atoms with Crippen molar-refractivity contribution in [2.45, 2.75) is 148 Å². The quantitative estimate of drug-likeness (QED) is 0.0634. The van der Waals surface area contributed by atoms with Crippen LogP contribution in [0.3, 0.4) is 0 Å². The summed E-state index contributed by atoms with van der Waals surface area (Å²) < 4.78 is 11.0. The maximum atomic E-state index is 12.1. The van der Waals surface area contributed by atoms with E-state index in [4.69, 9.17) is 9.47 Å². The first-order valence-corrected chi connectivity index (χ1v) is 15.6. The Morgan fingerprint density at radius 1 is 0.676 bits per heavy atom. The molecular weight excluding hydrogens is 460 g/mol. The molecule has 216 valence electrons. The maximum Gasteiger partial charge on any atom is 0.306 e. The summed E-state index contributed by atoms with van der Waals surface area (Å²) in [6.07, 6.45) is 36.0. The summed E-state index contributed by atoms with van der Waals surface area (Å²) in [6.45, 7) is 5.20. The van der Waals surface area contributed by atoms with Crippen molar-refractivity contribution in [2.75, 3.05) is 19.8 Å². The van der Waals surface area contributed by atoms with Crippen LogP contribution < -0.4 is 0 Å². The smallest absolute Gasteiger partial charge is 0.306 e. The summed E-state index contributed by atoms with van der Waals surface area (Å²) in [7, 11) is 0. The molecule has 0 saturated carbocycles. The van der Waals surface area contributed by atoms with Crippen molar-refractivity contribution < 1.29 is 19.4 Å². The highest BCUT2D eigenvalue weighted by Gasteiger charge is 2.13. The Balaban J connectivity index is 3.48. The standard InChI is InChI=1S/C33H60O4/c1-3-5-7-9-11-13-14-15-16-17-18-19-20-21-22-24-26-28-33(35)37-32(30-34)31-36-29-27-25-23-12-10-8-6-4-2/h5,7,11,13,15-16,32,34H,3-4,6,8-10,12,14,17-31H2,1-2H3/b7-5-,13-11-,16-15-. The average molecular weight is 521 g/mol. The van der Waals surface area contributed by atoms with Gasteiger partial charge in [-0.25, -0.2) is 0 Å². The fourth-order valence-corrected chi connectivity index (χ4v) is 4.16. The van der Waals surface area contributed by atoms with Gasteiger partial charge in [0.15, 0.2) is 0 Å². The summed E-state index contributed by atoms with van der Waals surface area (Å²) in [4.78, 5) is 12.1. The number of rotatable bonds is 28. The van der Waals surface area contributed by atoms with Gasteiger partial charge < -0.3 is 14.6 Å². The molecular formula is C33H60O4. The first-order valence-electron chi connectivity index (χ1n) is 15.6. The molecule has 0 aromatic carbocycles.